The monoisotopic (exact) mass is 310 g/mol. The number of halogens is 2. The van der Waals surface area contributed by atoms with E-state index in [9.17, 15) is 13.6 Å². The molecule has 22 heavy (non-hydrogen) atoms. The molecule has 1 amide bonds. The van der Waals surface area contributed by atoms with Crippen molar-refractivity contribution >= 4 is 5.91 Å². The third kappa shape index (κ3) is 3.46. The van der Waals surface area contributed by atoms with Gasteiger partial charge in [-0.1, -0.05) is 6.92 Å². The minimum absolute atomic E-state index is 0.0351. The molecule has 1 aliphatic carbocycles. The van der Waals surface area contributed by atoms with Crippen LogP contribution in [0.4, 0.5) is 8.78 Å². The summed E-state index contributed by atoms with van der Waals surface area (Å²) in [7, 11) is 0. The van der Waals surface area contributed by atoms with Gasteiger partial charge < -0.3 is 10.6 Å². The van der Waals surface area contributed by atoms with Crippen molar-refractivity contribution in [3.8, 4) is 0 Å². The van der Waals surface area contributed by atoms with E-state index in [0.29, 0.717) is 13.0 Å². The van der Waals surface area contributed by atoms with Crippen LogP contribution in [-0.2, 0) is 11.2 Å². The number of amides is 1. The second-order valence-electron chi connectivity index (χ2n) is 5.95. The van der Waals surface area contributed by atoms with E-state index in [1.54, 1.807) is 4.90 Å². The summed E-state index contributed by atoms with van der Waals surface area (Å²) in [6.07, 6.45) is 2.58. The first-order chi connectivity index (χ1) is 10.5. The number of nitrogens with two attached hydrogens (primary N) is 1. The second kappa shape index (κ2) is 7.18. The summed E-state index contributed by atoms with van der Waals surface area (Å²) >= 11 is 0. The zero-order valence-corrected chi connectivity index (χ0v) is 13.2. The molecule has 2 rings (SSSR count). The van der Waals surface area contributed by atoms with E-state index >= 15 is 0 Å². The fourth-order valence-corrected chi connectivity index (χ4v) is 3.28. The van der Waals surface area contributed by atoms with Gasteiger partial charge in [0, 0.05) is 31.5 Å². The minimum atomic E-state index is -0.842. The maximum atomic E-state index is 13.5. The lowest BCUT2D eigenvalue weighted by atomic mass is 9.91. The smallest absolute Gasteiger partial charge is 0.224 e. The summed E-state index contributed by atoms with van der Waals surface area (Å²) < 4.78 is 26.7. The zero-order chi connectivity index (χ0) is 16.3. The van der Waals surface area contributed by atoms with Crippen molar-refractivity contribution in [3.05, 3.63) is 34.9 Å². The van der Waals surface area contributed by atoms with Gasteiger partial charge >= 0.3 is 0 Å². The summed E-state index contributed by atoms with van der Waals surface area (Å²) in [5.41, 5.74) is 7.78. The summed E-state index contributed by atoms with van der Waals surface area (Å²) in [5, 5.41) is 0. The van der Waals surface area contributed by atoms with E-state index in [1.165, 1.54) is 12.1 Å². The predicted molar refractivity (Wildman–Crippen MR) is 82.6 cm³/mol. The zero-order valence-electron chi connectivity index (χ0n) is 13.2. The Bertz CT molecular complexity index is 548. The molecule has 0 saturated carbocycles. The van der Waals surface area contributed by atoms with Crippen molar-refractivity contribution in [2.75, 3.05) is 13.1 Å². The molecule has 1 aromatic rings. The maximum Gasteiger partial charge on any atom is 0.224 e. The molecule has 2 atom stereocenters. The predicted octanol–water partition coefficient (Wildman–Crippen LogP) is 2.97. The molecule has 1 aromatic carbocycles. The highest BCUT2D eigenvalue weighted by molar-refractivity contribution is 5.77. The third-order valence-corrected chi connectivity index (χ3v) is 4.46. The van der Waals surface area contributed by atoms with Crippen molar-refractivity contribution in [2.24, 2.45) is 5.73 Å². The highest BCUT2D eigenvalue weighted by atomic mass is 19.2. The summed E-state index contributed by atoms with van der Waals surface area (Å²) in [5.74, 6) is -1.70. The van der Waals surface area contributed by atoms with Gasteiger partial charge in [0.05, 0.1) is 0 Å². The van der Waals surface area contributed by atoms with Crippen LogP contribution in [0, 0.1) is 11.6 Å². The highest BCUT2D eigenvalue weighted by Gasteiger charge is 2.31. The van der Waals surface area contributed by atoms with Crippen molar-refractivity contribution in [1.82, 2.24) is 4.90 Å². The van der Waals surface area contributed by atoms with Gasteiger partial charge in [0.15, 0.2) is 11.6 Å². The van der Waals surface area contributed by atoms with Crippen LogP contribution >= 0.6 is 0 Å². The number of hydrogen-bond donors (Lipinski definition) is 1. The van der Waals surface area contributed by atoms with Crippen LogP contribution in [0.25, 0.3) is 0 Å². The molecule has 2 N–H and O–H groups in total. The lowest BCUT2D eigenvalue weighted by Gasteiger charge is -2.25. The Balaban J connectivity index is 2.08. The largest absolute Gasteiger partial charge is 0.343 e. The molecule has 0 bridgehead atoms. The van der Waals surface area contributed by atoms with E-state index in [1.807, 2.05) is 13.8 Å². The van der Waals surface area contributed by atoms with Gasteiger partial charge in [-0.2, -0.15) is 0 Å². The van der Waals surface area contributed by atoms with E-state index < -0.39 is 11.6 Å². The molecule has 0 heterocycles. The van der Waals surface area contributed by atoms with Gasteiger partial charge in [-0.15, -0.1) is 0 Å². The first kappa shape index (κ1) is 16.9. The quantitative estimate of drug-likeness (QED) is 0.878. The molecule has 0 saturated heterocycles. The average Bonchev–Trinajstić information content (AvgIpc) is 2.87. The summed E-state index contributed by atoms with van der Waals surface area (Å²) in [4.78, 5) is 14.1. The van der Waals surface area contributed by atoms with Gasteiger partial charge in [0.1, 0.15) is 0 Å². The first-order valence-corrected chi connectivity index (χ1v) is 7.99. The fourth-order valence-electron chi connectivity index (χ4n) is 3.28. The molecule has 2 unspecified atom stereocenters. The lowest BCUT2D eigenvalue weighted by molar-refractivity contribution is -0.131. The molecule has 122 valence electrons. The van der Waals surface area contributed by atoms with E-state index in [-0.39, 0.29) is 24.3 Å². The standard InChI is InChI=1S/C17H24F2N2O/c1-3-7-21(4-2)17(22)10-16(20)12-6-5-11-8-14(18)15(19)9-13(11)12/h8-9,12,16H,3-7,10,20H2,1-2H3. The summed E-state index contributed by atoms with van der Waals surface area (Å²) in [6, 6.07) is 2.15. The molecule has 5 heteroatoms. The molecule has 0 fully saturated rings. The molecule has 0 aliphatic heterocycles. The Morgan fingerprint density at radius 1 is 1.36 bits per heavy atom. The SMILES string of the molecule is CCCN(CC)C(=O)CC(N)C1CCc2cc(F)c(F)cc21. The number of benzene rings is 1. The minimum Gasteiger partial charge on any atom is -0.343 e. The number of fused-ring (bicyclic) bond motifs is 1. The maximum absolute atomic E-state index is 13.5. The molecule has 0 aromatic heterocycles. The number of aryl methyl sites for hydroxylation is 1. The van der Waals surface area contributed by atoms with Gasteiger partial charge in [-0.05, 0) is 49.4 Å². The number of rotatable bonds is 6. The van der Waals surface area contributed by atoms with Crippen LogP contribution in [0.1, 0.15) is 50.2 Å². The molecule has 3 nitrogen and oxygen atoms in total. The lowest BCUT2D eigenvalue weighted by Crippen LogP contribution is -2.38. The van der Waals surface area contributed by atoms with Crippen LogP contribution in [0.5, 0.6) is 0 Å². The Kier molecular flexibility index (Phi) is 5.51. The van der Waals surface area contributed by atoms with Crippen molar-refractivity contribution in [1.29, 1.82) is 0 Å². The number of carbonyl (C=O) groups is 1. The fraction of sp³-hybridized carbons (Fsp3) is 0.588. The average molecular weight is 310 g/mol. The van der Waals surface area contributed by atoms with Gasteiger partial charge in [0.25, 0.3) is 0 Å². The number of hydrogen-bond acceptors (Lipinski definition) is 2. The van der Waals surface area contributed by atoms with Crippen molar-refractivity contribution in [2.45, 2.75) is 51.5 Å². The summed E-state index contributed by atoms with van der Waals surface area (Å²) in [6.45, 7) is 5.37. The van der Waals surface area contributed by atoms with Crippen LogP contribution < -0.4 is 5.73 Å². The molecule has 0 radical (unpaired) electrons. The number of nitrogens with zero attached hydrogens (tertiary/aromatic N) is 1. The Hall–Kier alpha value is -1.49. The van der Waals surface area contributed by atoms with E-state index in [2.05, 4.69) is 0 Å². The van der Waals surface area contributed by atoms with Crippen LogP contribution in [0.3, 0.4) is 0 Å². The molecular weight excluding hydrogens is 286 g/mol. The Morgan fingerprint density at radius 2 is 2.05 bits per heavy atom. The first-order valence-electron chi connectivity index (χ1n) is 7.99. The van der Waals surface area contributed by atoms with Gasteiger partial charge in [-0.25, -0.2) is 8.78 Å². The highest BCUT2D eigenvalue weighted by Crippen LogP contribution is 2.37. The second-order valence-corrected chi connectivity index (χ2v) is 5.95. The Morgan fingerprint density at radius 3 is 2.68 bits per heavy atom. The van der Waals surface area contributed by atoms with E-state index in [0.717, 1.165) is 30.5 Å². The molecule has 1 aliphatic rings. The third-order valence-electron chi connectivity index (χ3n) is 4.46. The number of carbonyl (C=O) groups excluding carboxylic acids is 1. The topological polar surface area (TPSA) is 46.3 Å². The van der Waals surface area contributed by atoms with Crippen molar-refractivity contribution < 1.29 is 13.6 Å². The van der Waals surface area contributed by atoms with Gasteiger partial charge in [-0.3, -0.25) is 4.79 Å². The molecule has 0 spiro atoms. The van der Waals surface area contributed by atoms with Crippen LogP contribution in [-0.4, -0.2) is 29.9 Å². The van der Waals surface area contributed by atoms with E-state index in [4.69, 9.17) is 5.73 Å². The normalized spacial score (nSPS) is 18.1. The van der Waals surface area contributed by atoms with Crippen LogP contribution in [0.2, 0.25) is 0 Å². The van der Waals surface area contributed by atoms with Crippen molar-refractivity contribution in [3.63, 3.8) is 0 Å². The Labute approximate surface area is 130 Å². The van der Waals surface area contributed by atoms with Gasteiger partial charge in [0.2, 0.25) is 5.91 Å². The molecular formula is C17H24F2N2O. The van der Waals surface area contributed by atoms with Crippen LogP contribution in [0.15, 0.2) is 12.1 Å².